The topological polar surface area (TPSA) is 93.6 Å². The fourth-order valence-corrected chi connectivity index (χ4v) is 8.80. The molecule has 9 heteroatoms. The zero-order chi connectivity index (χ0) is 36.3. The van der Waals surface area contributed by atoms with Crippen molar-refractivity contribution >= 4 is 29.1 Å². The minimum atomic E-state index is -1.28. The molecule has 1 spiro atoms. The maximum Gasteiger partial charge on any atom is 0.253 e. The summed E-state index contributed by atoms with van der Waals surface area (Å²) in [5.41, 5.74) is 1.12. The number of amides is 3. The average Bonchev–Trinajstić information content (AvgIpc) is 3.72. The minimum absolute atomic E-state index is 0.196. The van der Waals surface area contributed by atoms with Crippen LogP contribution in [-0.2, 0) is 25.7 Å². The molecule has 0 saturated carbocycles. The summed E-state index contributed by atoms with van der Waals surface area (Å²) < 4.78 is 6.99. The fraction of sp³-hybridized carbons (Fsp3) is 0.405. The number of likely N-dealkylation sites (tertiary alicyclic amines) is 1. The van der Waals surface area contributed by atoms with E-state index in [1.807, 2.05) is 91.9 Å². The van der Waals surface area contributed by atoms with Crippen LogP contribution in [-0.4, -0.2) is 82.7 Å². The summed E-state index contributed by atoms with van der Waals surface area (Å²) in [7, 11) is 0. The third-order valence-corrected chi connectivity index (χ3v) is 11.2. The Bertz CT molecular complexity index is 1730. The summed E-state index contributed by atoms with van der Waals surface area (Å²) in [5, 5.41) is 11.0. The van der Waals surface area contributed by atoms with Gasteiger partial charge in [-0.1, -0.05) is 72.8 Å². The van der Waals surface area contributed by atoms with Gasteiger partial charge in [-0.05, 0) is 69.0 Å². The van der Waals surface area contributed by atoms with Gasteiger partial charge in [0.1, 0.15) is 11.6 Å². The van der Waals surface area contributed by atoms with Gasteiger partial charge in [0.15, 0.2) is 0 Å². The summed E-state index contributed by atoms with van der Waals surface area (Å²) in [6, 6.07) is 24.9. The van der Waals surface area contributed by atoms with Crippen molar-refractivity contribution in [2.45, 2.75) is 63.4 Å². The van der Waals surface area contributed by atoms with E-state index in [1.165, 1.54) is 4.90 Å². The summed E-state index contributed by atoms with van der Waals surface area (Å²) in [6.07, 6.45) is 4.29. The van der Waals surface area contributed by atoms with Gasteiger partial charge >= 0.3 is 0 Å². The molecule has 0 aromatic heterocycles. The second-order valence-electron chi connectivity index (χ2n) is 14.0. The smallest absolute Gasteiger partial charge is 0.253 e. The average molecular weight is 691 g/mol. The van der Waals surface area contributed by atoms with Crippen molar-refractivity contribution in [1.82, 2.24) is 9.80 Å². The largest absolute Gasteiger partial charge is 0.394 e. The number of anilines is 2. The first-order valence-corrected chi connectivity index (χ1v) is 18.1. The third-order valence-electron chi connectivity index (χ3n) is 11.2. The van der Waals surface area contributed by atoms with E-state index >= 15 is 9.59 Å². The first-order valence-electron chi connectivity index (χ1n) is 18.1. The number of hydrogen-bond donors (Lipinski definition) is 1. The van der Waals surface area contributed by atoms with Gasteiger partial charge < -0.3 is 29.4 Å². The van der Waals surface area contributed by atoms with Crippen molar-refractivity contribution in [2.24, 2.45) is 11.8 Å². The van der Waals surface area contributed by atoms with Crippen molar-refractivity contribution in [3.8, 4) is 0 Å². The van der Waals surface area contributed by atoms with Crippen molar-refractivity contribution in [1.29, 1.82) is 0 Å². The monoisotopic (exact) mass is 690 g/mol. The molecule has 3 saturated heterocycles. The Morgan fingerprint density at radius 2 is 1.51 bits per heavy atom. The number of nitrogens with zero attached hydrogens (tertiary/aromatic N) is 4. The summed E-state index contributed by atoms with van der Waals surface area (Å²) >= 11 is 0. The quantitative estimate of drug-likeness (QED) is 0.204. The van der Waals surface area contributed by atoms with Crippen molar-refractivity contribution in [3.63, 3.8) is 0 Å². The molecule has 51 heavy (non-hydrogen) atoms. The third kappa shape index (κ3) is 6.27. The molecular weight excluding hydrogens is 640 g/mol. The van der Waals surface area contributed by atoms with Crippen LogP contribution in [0.2, 0.25) is 0 Å². The van der Waals surface area contributed by atoms with Crippen LogP contribution in [0.25, 0.3) is 0 Å². The number of benzene rings is 3. The van der Waals surface area contributed by atoms with Crippen LogP contribution in [0.1, 0.15) is 50.8 Å². The van der Waals surface area contributed by atoms with Gasteiger partial charge in [-0.15, -0.1) is 13.2 Å². The van der Waals surface area contributed by atoms with Crippen LogP contribution >= 0.6 is 0 Å². The molecule has 9 nitrogen and oxygen atoms in total. The lowest BCUT2D eigenvalue weighted by molar-refractivity contribution is -0.152. The standard InChI is InChI=1S/C42H50N4O5/c1-6-26-44(28-30-16-12-10-13-17-30)38(48)35-36-39(49)46(34(29-47)31-18-14-11-15-19-31)37(42(36)25-24-41(35,5)51-42)40(50)45(27-7-2)33-22-20-32(21-23-33)43(8-3)9-4/h6-7,10-23,34-37,47H,1-2,8-9,24-29H2,3-5H3/t34-,35-,36+,37?,41+,42?/m1/s1. The summed E-state index contributed by atoms with van der Waals surface area (Å²) in [6.45, 7) is 16.1. The predicted molar refractivity (Wildman–Crippen MR) is 200 cm³/mol. The number of fused-ring (bicyclic) bond motifs is 1. The maximum absolute atomic E-state index is 15.3. The maximum atomic E-state index is 15.3. The number of aliphatic hydroxyl groups excluding tert-OH is 1. The Morgan fingerprint density at radius 1 is 0.902 bits per heavy atom. The second kappa shape index (κ2) is 14.9. The molecule has 2 bridgehead atoms. The number of rotatable bonds is 15. The fourth-order valence-electron chi connectivity index (χ4n) is 8.80. The van der Waals surface area contributed by atoms with Crippen molar-refractivity contribution in [3.05, 3.63) is 121 Å². The van der Waals surface area contributed by atoms with Gasteiger partial charge in [-0.2, -0.15) is 0 Å². The van der Waals surface area contributed by atoms with Gasteiger partial charge in [0.25, 0.3) is 5.91 Å². The van der Waals surface area contributed by atoms with E-state index in [1.54, 1.807) is 22.0 Å². The predicted octanol–water partition coefficient (Wildman–Crippen LogP) is 5.76. The highest BCUT2D eigenvalue weighted by molar-refractivity contribution is 6.05. The van der Waals surface area contributed by atoms with E-state index in [0.717, 1.165) is 24.3 Å². The van der Waals surface area contributed by atoms with Crippen LogP contribution in [0.5, 0.6) is 0 Å². The molecule has 0 radical (unpaired) electrons. The van der Waals surface area contributed by atoms with Crippen LogP contribution < -0.4 is 9.80 Å². The number of aliphatic hydroxyl groups is 1. The van der Waals surface area contributed by atoms with Gasteiger partial charge in [-0.3, -0.25) is 14.4 Å². The minimum Gasteiger partial charge on any atom is -0.394 e. The molecule has 3 amide bonds. The molecule has 0 aliphatic carbocycles. The van der Waals surface area contributed by atoms with Crippen LogP contribution in [0.15, 0.2) is 110 Å². The number of hydrogen-bond acceptors (Lipinski definition) is 6. The molecule has 2 unspecified atom stereocenters. The highest BCUT2D eigenvalue weighted by Gasteiger charge is 2.79. The Morgan fingerprint density at radius 3 is 2.10 bits per heavy atom. The Labute approximate surface area is 301 Å². The second-order valence-corrected chi connectivity index (χ2v) is 14.0. The number of carbonyl (C=O) groups is 3. The first-order chi connectivity index (χ1) is 24.7. The van der Waals surface area contributed by atoms with E-state index in [0.29, 0.717) is 37.2 Å². The van der Waals surface area contributed by atoms with E-state index in [2.05, 4.69) is 31.9 Å². The Hall–Kier alpha value is -4.73. The molecule has 3 fully saturated rings. The Kier molecular flexibility index (Phi) is 10.5. The molecule has 268 valence electrons. The molecule has 1 N–H and O–H groups in total. The van der Waals surface area contributed by atoms with Gasteiger partial charge in [0.2, 0.25) is 11.8 Å². The molecule has 3 aliphatic heterocycles. The Balaban J connectivity index is 1.45. The van der Waals surface area contributed by atoms with Gasteiger partial charge in [0, 0.05) is 44.1 Å². The zero-order valence-electron chi connectivity index (χ0n) is 30.0. The first kappa shape index (κ1) is 36.1. The molecule has 3 heterocycles. The molecular formula is C42H50N4O5. The molecule has 3 aromatic carbocycles. The molecule has 6 atom stereocenters. The molecule has 6 rings (SSSR count). The zero-order valence-corrected chi connectivity index (χ0v) is 30.0. The number of carbonyl (C=O) groups excluding carboxylic acids is 3. The van der Waals surface area contributed by atoms with Gasteiger partial charge in [-0.25, -0.2) is 0 Å². The lowest BCUT2D eigenvalue weighted by Crippen LogP contribution is -2.57. The van der Waals surface area contributed by atoms with E-state index in [9.17, 15) is 9.90 Å². The van der Waals surface area contributed by atoms with E-state index < -0.39 is 41.7 Å². The van der Waals surface area contributed by atoms with Crippen LogP contribution in [0, 0.1) is 11.8 Å². The lowest BCUT2D eigenvalue weighted by atomic mass is 9.66. The lowest BCUT2D eigenvalue weighted by Gasteiger charge is -2.39. The van der Waals surface area contributed by atoms with Crippen molar-refractivity contribution < 1.29 is 24.2 Å². The van der Waals surface area contributed by atoms with Crippen LogP contribution in [0.3, 0.4) is 0 Å². The van der Waals surface area contributed by atoms with Gasteiger partial charge in [0.05, 0.1) is 30.1 Å². The summed E-state index contributed by atoms with van der Waals surface area (Å²) in [4.78, 5) is 52.3. The SMILES string of the molecule is C=CCN(Cc1ccccc1)C(=O)[C@H]1[C@H]2C(=O)N([C@H](CO)c3ccccc3)C(C(=O)N(CC=C)c3ccc(N(CC)CC)cc3)C23CC[C@]1(C)O3. The molecule has 3 aromatic rings. The highest BCUT2D eigenvalue weighted by Crippen LogP contribution is 2.64. The highest BCUT2D eigenvalue weighted by atomic mass is 16.5. The summed E-state index contributed by atoms with van der Waals surface area (Å²) in [5.74, 6) is -2.65. The van der Waals surface area contributed by atoms with E-state index in [4.69, 9.17) is 4.74 Å². The normalized spacial score (nSPS) is 25.3. The van der Waals surface area contributed by atoms with E-state index in [-0.39, 0.29) is 24.3 Å². The van der Waals surface area contributed by atoms with Crippen LogP contribution in [0.4, 0.5) is 11.4 Å². The molecule has 3 aliphatic rings. The van der Waals surface area contributed by atoms with Crippen molar-refractivity contribution in [2.75, 3.05) is 42.6 Å². The number of ether oxygens (including phenoxy) is 1.